The fourth-order valence-electron chi connectivity index (χ4n) is 0.567. The lowest BCUT2D eigenvalue weighted by Crippen LogP contribution is -2.31. The molecule has 0 aromatic carbocycles. The van der Waals surface area contributed by atoms with Gasteiger partial charge >= 0.3 is 11.9 Å². The molecule has 0 bridgehead atoms. The zero-order valence-corrected chi connectivity index (χ0v) is 7.81. The van der Waals surface area contributed by atoms with E-state index in [1.165, 1.54) is 0 Å². The molecule has 8 nitrogen and oxygen atoms in total. The first kappa shape index (κ1) is 13.1. The molecule has 0 aliphatic rings. The molecule has 0 radical (unpaired) electrons. The van der Waals surface area contributed by atoms with Crippen LogP contribution in [-0.2, 0) is 18.7 Å². The number of carboxylic acid groups (broad SMARTS) is 1. The van der Waals surface area contributed by atoms with Gasteiger partial charge in [-0.3, -0.25) is 9.59 Å². The maximum atomic E-state index is 10.5. The topological polar surface area (TPSA) is 153 Å². The van der Waals surface area contributed by atoms with Gasteiger partial charge < -0.3 is 29.7 Å². The summed E-state index contributed by atoms with van der Waals surface area (Å²) < 4.78 is 13.3. The number of carboxylic acids is 1. The van der Waals surface area contributed by atoms with E-state index in [0.29, 0.717) is 0 Å². The number of rotatable bonds is 5. The summed E-state index contributed by atoms with van der Waals surface area (Å²) in [7, 11) is -5.34. The average Bonchev–Trinajstić information content (AvgIpc) is 1.96. The van der Waals surface area contributed by atoms with Crippen molar-refractivity contribution >= 4 is 19.8 Å². The summed E-state index contributed by atoms with van der Waals surface area (Å²) >= 11 is 0. The van der Waals surface area contributed by atoms with Gasteiger partial charge in [0.15, 0.2) is 0 Å². The lowest BCUT2D eigenvalue weighted by Gasteiger charge is -2.27. The molecule has 0 saturated carbocycles. The lowest BCUT2D eigenvalue weighted by atomic mass is 10.2. The van der Waals surface area contributed by atoms with Gasteiger partial charge in [0.25, 0.3) is 0 Å². The van der Waals surface area contributed by atoms with Crippen molar-refractivity contribution in [3.05, 3.63) is 0 Å². The van der Waals surface area contributed by atoms with Crippen LogP contribution in [0.4, 0.5) is 0 Å². The van der Waals surface area contributed by atoms with Gasteiger partial charge in [0, 0.05) is 6.42 Å². The third-order valence-electron chi connectivity index (χ3n) is 1.19. The second-order valence-corrected chi connectivity index (χ2v) is 3.47. The van der Waals surface area contributed by atoms with Crippen LogP contribution in [0.5, 0.6) is 0 Å². The number of carbonyl (C=O) groups is 2. The number of nitrogens with two attached hydrogens (primary N) is 1. The SMILES string of the molecule is NC(CCC(=O)OP(=O)([O-])[O-])C(=O)O. The van der Waals surface area contributed by atoms with Crippen LogP contribution in [0.1, 0.15) is 12.8 Å². The predicted molar refractivity (Wildman–Crippen MR) is 38.5 cm³/mol. The predicted octanol–water partition coefficient (Wildman–Crippen LogP) is -2.45. The number of carbonyl (C=O) groups excluding carboxylic acids is 1. The molecule has 0 spiro atoms. The summed E-state index contributed by atoms with van der Waals surface area (Å²) in [6, 6.07) is -1.29. The standard InChI is InChI=1S/C5H10NO7P/c6-3(5(8)9)1-2-4(7)13-14(10,11)12/h3H,1-2,6H2,(H,8,9)(H2,10,11,12)/p-2. The minimum Gasteiger partial charge on any atom is -0.780 e. The van der Waals surface area contributed by atoms with Gasteiger partial charge in [-0.2, -0.15) is 0 Å². The van der Waals surface area contributed by atoms with Gasteiger partial charge in [-0.15, -0.1) is 0 Å². The van der Waals surface area contributed by atoms with Crippen molar-refractivity contribution < 1.29 is 33.6 Å². The summed E-state index contributed by atoms with van der Waals surface area (Å²) in [5.41, 5.74) is 5.00. The van der Waals surface area contributed by atoms with E-state index in [4.69, 9.17) is 10.8 Å². The third kappa shape index (κ3) is 6.55. The molecule has 9 heteroatoms. The first-order valence-corrected chi connectivity index (χ1v) is 4.91. The van der Waals surface area contributed by atoms with Gasteiger partial charge in [-0.05, 0) is 6.42 Å². The van der Waals surface area contributed by atoms with Crippen LogP contribution >= 0.6 is 7.82 Å². The minimum absolute atomic E-state index is 0.297. The molecule has 0 fully saturated rings. The summed E-state index contributed by atoms with van der Waals surface area (Å²) in [4.78, 5) is 40.5. The van der Waals surface area contributed by atoms with E-state index < -0.39 is 32.2 Å². The van der Waals surface area contributed by atoms with Gasteiger partial charge in [-0.25, -0.2) is 0 Å². The lowest BCUT2D eigenvalue weighted by molar-refractivity contribution is -0.337. The van der Waals surface area contributed by atoms with E-state index >= 15 is 0 Å². The van der Waals surface area contributed by atoms with E-state index in [2.05, 4.69) is 4.52 Å². The van der Waals surface area contributed by atoms with Crippen molar-refractivity contribution in [1.29, 1.82) is 0 Å². The van der Waals surface area contributed by atoms with Crippen LogP contribution in [0.15, 0.2) is 0 Å². The molecule has 0 aromatic rings. The summed E-state index contributed by atoms with van der Waals surface area (Å²) in [6.07, 6.45) is -0.837. The Morgan fingerprint density at radius 1 is 1.50 bits per heavy atom. The molecule has 82 valence electrons. The molecule has 1 unspecified atom stereocenters. The van der Waals surface area contributed by atoms with E-state index in [9.17, 15) is 23.9 Å². The van der Waals surface area contributed by atoms with Crippen LogP contribution < -0.4 is 15.5 Å². The Labute approximate surface area is 78.9 Å². The van der Waals surface area contributed by atoms with Crippen LogP contribution in [0, 0.1) is 0 Å². The van der Waals surface area contributed by atoms with Crippen LogP contribution in [-0.4, -0.2) is 23.1 Å². The molecule has 0 heterocycles. The van der Waals surface area contributed by atoms with Crippen molar-refractivity contribution in [2.45, 2.75) is 18.9 Å². The van der Waals surface area contributed by atoms with Crippen LogP contribution in [0.2, 0.25) is 0 Å². The van der Waals surface area contributed by atoms with Gasteiger partial charge in [0.1, 0.15) is 13.9 Å². The van der Waals surface area contributed by atoms with E-state index in [-0.39, 0.29) is 6.42 Å². The highest BCUT2D eigenvalue weighted by molar-refractivity contribution is 7.43. The largest absolute Gasteiger partial charge is 0.780 e. The maximum absolute atomic E-state index is 10.5. The molecule has 0 amide bonds. The average molecular weight is 225 g/mol. The van der Waals surface area contributed by atoms with Crippen LogP contribution in [0.3, 0.4) is 0 Å². The van der Waals surface area contributed by atoms with Crippen molar-refractivity contribution in [2.75, 3.05) is 0 Å². The zero-order valence-electron chi connectivity index (χ0n) is 6.91. The van der Waals surface area contributed by atoms with E-state index in [0.717, 1.165) is 0 Å². The normalized spacial score (nSPS) is 13.4. The minimum atomic E-state index is -5.34. The Morgan fingerprint density at radius 3 is 2.36 bits per heavy atom. The van der Waals surface area contributed by atoms with Gasteiger partial charge in [-0.1, -0.05) is 0 Å². The molecule has 14 heavy (non-hydrogen) atoms. The van der Waals surface area contributed by atoms with Crippen LogP contribution in [0.25, 0.3) is 0 Å². The second-order valence-electron chi connectivity index (χ2n) is 2.39. The summed E-state index contributed by atoms with van der Waals surface area (Å²) in [6.45, 7) is 0. The molecule has 0 saturated heterocycles. The van der Waals surface area contributed by atoms with Gasteiger partial charge in [0.05, 0.1) is 0 Å². The van der Waals surface area contributed by atoms with E-state index in [1.807, 2.05) is 0 Å². The number of hydrogen-bond acceptors (Lipinski definition) is 7. The van der Waals surface area contributed by atoms with Crippen molar-refractivity contribution in [3.63, 3.8) is 0 Å². The highest BCUT2D eigenvalue weighted by atomic mass is 31.2. The monoisotopic (exact) mass is 225 g/mol. The molecule has 0 rings (SSSR count). The Hall–Kier alpha value is -0.950. The summed E-state index contributed by atoms with van der Waals surface area (Å²) in [5, 5.41) is 8.27. The highest BCUT2D eigenvalue weighted by Crippen LogP contribution is 2.25. The Bertz CT molecular complexity index is 271. The number of hydrogen-bond donors (Lipinski definition) is 2. The van der Waals surface area contributed by atoms with Crippen molar-refractivity contribution in [3.8, 4) is 0 Å². The smallest absolute Gasteiger partial charge is 0.320 e. The second kappa shape index (κ2) is 5.06. The molecule has 0 aromatic heterocycles. The number of phosphoric ester groups is 1. The zero-order chi connectivity index (χ0) is 11.4. The Kier molecular flexibility index (Phi) is 4.72. The number of phosphoric acid groups is 1. The van der Waals surface area contributed by atoms with E-state index in [1.54, 1.807) is 0 Å². The molecule has 1 atom stereocenters. The van der Waals surface area contributed by atoms with Gasteiger partial charge in [0.2, 0.25) is 0 Å². The van der Waals surface area contributed by atoms with Crippen molar-refractivity contribution in [2.24, 2.45) is 5.73 Å². The Balaban J connectivity index is 3.87. The first-order valence-electron chi connectivity index (χ1n) is 3.45. The molecule has 0 aliphatic heterocycles. The number of aliphatic carboxylic acids is 1. The molecule has 0 aliphatic carbocycles. The molecular weight excluding hydrogens is 217 g/mol. The third-order valence-corrected chi connectivity index (χ3v) is 1.62. The molecular formula is C5H8NO7P-2. The quantitative estimate of drug-likeness (QED) is 0.488. The summed E-state index contributed by atoms with van der Waals surface area (Å²) in [5.74, 6) is -2.64. The van der Waals surface area contributed by atoms with Crippen molar-refractivity contribution in [1.82, 2.24) is 0 Å². The highest BCUT2D eigenvalue weighted by Gasteiger charge is 2.14. The fourth-order valence-corrected chi connectivity index (χ4v) is 0.908. The maximum Gasteiger partial charge on any atom is 0.320 e. The first-order chi connectivity index (χ1) is 6.22. The Morgan fingerprint density at radius 2 is 2.00 bits per heavy atom. The molecule has 3 N–H and O–H groups in total. The fraction of sp³-hybridized carbons (Fsp3) is 0.600.